The normalized spacial score (nSPS) is 11.4. The molecule has 1 aromatic rings. The van der Waals surface area contributed by atoms with Crippen molar-refractivity contribution in [2.24, 2.45) is 0 Å². The lowest BCUT2D eigenvalue weighted by atomic mass is 10.1. The summed E-state index contributed by atoms with van der Waals surface area (Å²) >= 11 is 0. The van der Waals surface area contributed by atoms with Gasteiger partial charge >= 0.3 is 0 Å². The lowest BCUT2D eigenvalue weighted by Crippen LogP contribution is -2.27. The maximum Gasteiger partial charge on any atom is 0.224 e. The van der Waals surface area contributed by atoms with E-state index in [1.165, 1.54) is 0 Å². The van der Waals surface area contributed by atoms with Crippen molar-refractivity contribution in [1.82, 2.24) is 5.32 Å². The molecule has 0 aliphatic rings. The van der Waals surface area contributed by atoms with Crippen molar-refractivity contribution < 1.29 is 14.6 Å². The number of rotatable bonds is 7. The minimum absolute atomic E-state index is 0.0131. The van der Waals surface area contributed by atoms with Gasteiger partial charge in [0.05, 0.1) is 12.5 Å². The van der Waals surface area contributed by atoms with Gasteiger partial charge in [0.2, 0.25) is 5.91 Å². The van der Waals surface area contributed by atoms with Crippen LogP contribution in [0.25, 0.3) is 0 Å². The second-order valence-electron chi connectivity index (χ2n) is 4.26. The first-order valence-electron chi connectivity index (χ1n) is 6.15. The van der Waals surface area contributed by atoms with Crippen molar-refractivity contribution in [2.75, 3.05) is 13.2 Å². The van der Waals surface area contributed by atoms with Crippen molar-refractivity contribution in [3.8, 4) is 11.8 Å². The summed E-state index contributed by atoms with van der Waals surface area (Å²) in [6.45, 7) is 2.17. The number of amides is 1. The molecule has 0 aromatic heterocycles. The summed E-state index contributed by atoms with van der Waals surface area (Å²) in [4.78, 5) is 11.6. The van der Waals surface area contributed by atoms with Gasteiger partial charge in [-0.15, -0.1) is 0 Å². The molecule has 1 atom stereocenters. The third-order valence-corrected chi connectivity index (χ3v) is 2.48. The minimum Gasteiger partial charge on any atom is -0.479 e. The summed E-state index contributed by atoms with van der Waals surface area (Å²) in [7, 11) is 0. The van der Waals surface area contributed by atoms with Crippen LogP contribution in [0.1, 0.15) is 18.9 Å². The fourth-order valence-corrected chi connectivity index (χ4v) is 1.49. The Bertz CT molecular complexity index is 435. The SMILES string of the molecule is CC(O)CCNC(=O)Cc1ccc(OCC#N)cc1. The van der Waals surface area contributed by atoms with Crippen LogP contribution in [0.5, 0.6) is 5.75 Å². The van der Waals surface area contributed by atoms with Crippen molar-refractivity contribution in [3.05, 3.63) is 29.8 Å². The highest BCUT2D eigenvalue weighted by Gasteiger charge is 2.04. The topological polar surface area (TPSA) is 82.3 Å². The fourth-order valence-electron chi connectivity index (χ4n) is 1.49. The average molecular weight is 262 g/mol. The van der Waals surface area contributed by atoms with Crippen LogP contribution in [0.2, 0.25) is 0 Å². The number of benzene rings is 1. The van der Waals surface area contributed by atoms with Crippen LogP contribution in [-0.2, 0) is 11.2 Å². The van der Waals surface area contributed by atoms with Crippen molar-refractivity contribution in [1.29, 1.82) is 5.26 Å². The van der Waals surface area contributed by atoms with Crippen molar-refractivity contribution in [3.63, 3.8) is 0 Å². The summed E-state index contributed by atoms with van der Waals surface area (Å²) in [5.41, 5.74) is 0.874. The van der Waals surface area contributed by atoms with Gasteiger partial charge in [-0.05, 0) is 31.0 Å². The number of nitrogens with one attached hydrogen (secondary N) is 1. The number of aliphatic hydroxyl groups is 1. The molecule has 1 amide bonds. The van der Waals surface area contributed by atoms with E-state index in [0.717, 1.165) is 5.56 Å². The van der Waals surface area contributed by atoms with Gasteiger partial charge in [-0.1, -0.05) is 12.1 Å². The number of aliphatic hydroxyl groups excluding tert-OH is 1. The third kappa shape index (κ3) is 6.43. The highest BCUT2D eigenvalue weighted by Crippen LogP contribution is 2.12. The first-order chi connectivity index (χ1) is 9.11. The van der Waals surface area contributed by atoms with Gasteiger partial charge in [0.1, 0.15) is 11.8 Å². The molecule has 2 N–H and O–H groups in total. The molecular formula is C14H18N2O3. The van der Waals surface area contributed by atoms with Gasteiger partial charge in [0.25, 0.3) is 0 Å². The predicted octanol–water partition coefficient (Wildman–Crippen LogP) is 1.02. The number of ether oxygens (including phenoxy) is 1. The third-order valence-electron chi connectivity index (χ3n) is 2.48. The van der Waals surface area contributed by atoms with Crippen LogP contribution < -0.4 is 10.1 Å². The Morgan fingerprint density at radius 3 is 2.74 bits per heavy atom. The van der Waals surface area contributed by atoms with Crippen LogP contribution in [-0.4, -0.2) is 30.3 Å². The van der Waals surface area contributed by atoms with E-state index in [0.29, 0.717) is 25.1 Å². The van der Waals surface area contributed by atoms with Crippen LogP contribution in [0.4, 0.5) is 0 Å². The van der Waals surface area contributed by atoms with E-state index in [1.807, 2.05) is 6.07 Å². The molecule has 1 unspecified atom stereocenters. The number of hydrogen-bond acceptors (Lipinski definition) is 4. The second kappa shape index (κ2) is 8.11. The van der Waals surface area contributed by atoms with Crippen LogP contribution in [0.15, 0.2) is 24.3 Å². The monoisotopic (exact) mass is 262 g/mol. The molecule has 0 saturated carbocycles. The van der Waals surface area contributed by atoms with E-state index in [2.05, 4.69) is 5.32 Å². The zero-order chi connectivity index (χ0) is 14.1. The van der Waals surface area contributed by atoms with Gasteiger partial charge < -0.3 is 15.2 Å². The number of hydrogen-bond donors (Lipinski definition) is 2. The molecule has 5 heteroatoms. The average Bonchev–Trinajstić information content (AvgIpc) is 2.37. The summed E-state index contributed by atoms with van der Waals surface area (Å²) in [5, 5.41) is 20.2. The standard InChI is InChI=1S/C14H18N2O3/c1-11(17)6-8-16-14(18)10-12-2-4-13(5-3-12)19-9-7-15/h2-5,11,17H,6,8-10H2,1H3,(H,16,18). The molecule has 102 valence electrons. The summed E-state index contributed by atoms with van der Waals surface area (Å²) < 4.78 is 5.12. The highest BCUT2D eigenvalue weighted by atomic mass is 16.5. The molecule has 0 bridgehead atoms. The molecule has 0 aliphatic carbocycles. The van der Waals surface area contributed by atoms with Crippen molar-refractivity contribution in [2.45, 2.75) is 25.9 Å². The van der Waals surface area contributed by atoms with Gasteiger partial charge in [-0.3, -0.25) is 4.79 Å². The van der Waals surface area contributed by atoms with E-state index in [9.17, 15) is 4.79 Å². The Hall–Kier alpha value is -2.06. The van der Waals surface area contributed by atoms with E-state index in [1.54, 1.807) is 31.2 Å². The molecule has 1 aromatic carbocycles. The zero-order valence-electron chi connectivity index (χ0n) is 10.9. The Balaban J connectivity index is 2.36. The minimum atomic E-state index is -0.406. The maximum atomic E-state index is 11.6. The Labute approximate surface area is 112 Å². The molecule has 5 nitrogen and oxygen atoms in total. The van der Waals surface area contributed by atoms with E-state index >= 15 is 0 Å². The molecule has 0 saturated heterocycles. The molecule has 0 heterocycles. The largest absolute Gasteiger partial charge is 0.479 e. The summed E-state index contributed by atoms with van der Waals surface area (Å²) in [6, 6.07) is 8.94. The lowest BCUT2D eigenvalue weighted by Gasteiger charge is -2.07. The molecule has 0 fully saturated rings. The first-order valence-corrected chi connectivity index (χ1v) is 6.15. The van der Waals surface area contributed by atoms with E-state index in [4.69, 9.17) is 15.1 Å². The molecule has 1 rings (SSSR count). The predicted molar refractivity (Wildman–Crippen MR) is 70.6 cm³/mol. The quantitative estimate of drug-likeness (QED) is 0.768. The molecule has 0 radical (unpaired) electrons. The van der Waals surface area contributed by atoms with E-state index < -0.39 is 6.10 Å². The van der Waals surface area contributed by atoms with Gasteiger partial charge in [-0.2, -0.15) is 5.26 Å². The maximum absolute atomic E-state index is 11.6. The molecule has 0 spiro atoms. The first kappa shape index (κ1) is 15.0. The molecule has 19 heavy (non-hydrogen) atoms. The van der Waals surface area contributed by atoms with Crippen LogP contribution in [0, 0.1) is 11.3 Å². The lowest BCUT2D eigenvalue weighted by molar-refractivity contribution is -0.120. The smallest absolute Gasteiger partial charge is 0.224 e. The zero-order valence-corrected chi connectivity index (χ0v) is 10.9. The number of nitriles is 1. The second-order valence-corrected chi connectivity index (χ2v) is 4.26. The van der Waals surface area contributed by atoms with Gasteiger partial charge in [0.15, 0.2) is 6.61 Å². The van der Waals surface area contributed by atoms with Crippen LogP contribution >= 0.6 is 0 Å². The molecule has 0 aliphatic heterocycles. The highest BCUT2D eigenvalue weighted by molar-refractivity contribution is 5.78. The van der Waals surface area contributed by atoms with Gasteiger partial charge in [0, 0.05) is 6.54 Å². The number of nitrogens with zero attached hydrogens (tertiary/aromatic N) is 1. The Kier molecular flexibility index (Phi) is 6.41. The Morgan fingerprint density at radius 2 is 2.16 bits per heavy atom. The fraction of sp³-hybridized carbons (Fsp3) is 0.429. The van der Waals surface area contributed by atoms with E-state index in [-0.39, 0.29) is 12.5 Å². The van der Waals surface area contributed by atoms with Gasteiger partial charge in [-0.25, -0.2) is 0 Å². The van der Waals surface area contributed by atoms with Crippen molar-refractivity contribution >= 4 is 5.91 Å². The number of carbonyl (C=O) groups excluding carboxylic acids is 1. The summed E-state index contributed by atoms with van der Waals surface area (Å²) in [6.07, 6.45) is 0.433. The molecular weight excluding hydrogens is 244 g/mol. The number of carbonyl (C=O) groups is 1. The van der Waals surface area contributed by atoms with Crippen LogP contribution in [0.3, 0.4) is 0 Å². The Morgan fingerprint density at radius 1 is 1.47 bits per heavy atom. The summed E-state index contributed by atoms with van der Waals surface area (Å²) in [5.74, 6) is 0.533.